The zero-order valence-electron chi connectivity index (χ0n) is 10.9. The molecule has 0 bridgehead atoms. The van der Waals surface area contributed by atoms with Gasteiger partial charge in [-0.25, -0.2) is 4.79 Å². The maximum atomic E-state index is 12.6. The number of halogens is 3. The van der Waals surface area contributed by atoms with Crippen molar-refractivity contribution in [3.63, 3.8) is 0 Å². The first kappa shape index (κ1) is 16.0. The molecule has 0 spiro atoms. The molecular weight excluding hydrogens is 277 g/mol. The minimum atomic E-state index is -4.62. The molecule has 0 aliphatic carbocycles. The van der Waals surface area contributed by atoms with Crippen LogP contribution in [0, 0.1) is 0 Å². The number of ketones is 1. The largest absolute Gasteiger partial charge is 0.493 e. The van der Waals surface area contributed by atoms with Gasteiger partial charge in [-0.3, -0.25) is 4.79 Å². The van der Waals surface area contributed by atoms with Crippen LogP contribution >= 0.6 is 0 Å². The number of Topliss-reactive ketones (excluding diaryl/α,β-unsaturated/α-hetero) is 1. The van der Waals surface area contributed by atoms with Crippen LogP contribution < -0.4 is 4.74 Å². The summed E-state index contributed by atoms with van der Waals surface area (Å²) < 4.78 is 47.4. The highest BCUT2D eigenvalue weighted by molar-refractivity contribution is 6.41. The van der Waals surface area contributed by atoms with Crippen LogP contribution in [-0.4, -0.2) is 25.0 Å². The van der Waals surface area contributed by atoms with E-state index in [9.17, 15) is 22.8 Å². The molecule has 7 heteroatoms. The Kier molecular flexibility index (Phi) is 5.12. The monoisotopic (exact) mass is 290 g/mol. The molecule has 0 atom stereocenters. The molecule has 0 aliphatic heterocycles. The molecule has 0 unspecified atom stereocenters. The predicted octanol–water partition coefficient (Wildman–Crippen LogP) is 2.85. The van der Waals surface area contributed by atoms with Crippen LogP contribution in [0.2, 0.25) is 0 Å². The Morgan fingerprint density at radius 2 is 1.80 bits per heavy atom. The van der Waals surface area contributed by atoms with Gasteiger partial charge in [0.25, 0.3) is 5.78 Å². The van der Waals surface area contributed by atoms with Gasteiger partial charge in [0, 0.05) is 0 Å². The van der Waals surface area contributed by atoms with Crippen molar-refractivity contribution in [1.29, 1.82) is 0 Å². The van der Waals surface area contributed by atoms with Crippen molar-refractivity contribution < 1.29 is 32.2 Å². The number of carbonyl (C=O) groups is 2. The van der Waals surface area contributed by atoms with Crippen LogP contribution in [0.5, 0.6) is 5.75 Å². The zero-order chi connectivity index (χ0) is 15.3. The lowest BCUT2D eigenvalue weighted by atomic mass is 10.1. The molecule has 1 rings (SSSR count). The molecule has 110 valence electrons. The highest BCUT2D eigenvalue weighted by Crippen LogP contribution is 2.32. The second-order valence-corrected chi connectivity index (χ2v) is 3.69. The van der Waals surface area contributed by atoms with Crippen molar-refractivity contribution in [3.05, 3.63) is 29.3 Å². The van der Waals surface area contributed by atoms with Crippen LogP contribution in [-0.2, 0) is 15.7 Å². The minimum Gasteiger partial charge on any atom is -0.493 e. The van der Waals surface area contributed by atoms with E-state index in [4.69, 9.17) is 4.74 Å². The van der Waals surface area contributed by atoms with Gasteiger partial charge in [0.15, 0.2) is 0 Å². The first-order chi connectivity index (χ1) is 9.31. The number of alkyl halides is 3. The summed E-state index contributed by atoms with van der Waals surface area (Å²) >= 11 is 0. The van der Waals surface area contributed by atoms with E-state index in [2.05, 4.69) is 4.74 Å². The Hall–Kier alpha value is -2.05. The first-order valence-corrected chi connectivity index (χ1v) is 5.86. The number of benzene rings is 1. The summed E-state index contributed by atoms with van der Waals surface area (Å²) in [6.45, 7) is 3.19. The van der Waals surface area contributed by atoms with Gasteiger partial charge in [0.1, 0.15) is 5.75 Å². The second-order valence-electron chi connectivity index (χ2n) is 3.69. The van der Waals surface area contributed by atoms with Gasteiger partial charge >= 0.3 is 12.1 Å². The molecule has 0 aliphatic rings. The van der Waals surface area contributed by atoms with E-state index in [1.165, 1.54) is 6.92 Å². The van der Waals surface area contributed by atoms with Gasteiger partial charge in [-0.2, -0.15) is 13.2 Å². The summed E-state index contributed by atoms with van der Waals surface area (Å²) in [5.74, 6) is -2.47. The fourth-order valence-corrected chi connectivity index (χ4v) is 1.47. The lowest BCUT2D eigenvalue weighted by Gasteiger charge is -2.12. The average molecular weight is 290 g/mol. The van der Waals surface area contributed by atoms with Crippen molar-refractivity contribution >= 4 is 11.8 Å². The average Bonchev–Trinajstić information content (AvgIpc) is 2.37. The Balaban J connectivity index is 3.25. The summed E-state index contributed by atoms with van der Waals surface area (Å²) in [6.07, 6.45) is -4.62. The number of ether oxygens (including phenoxy) is 2. The summed E-state index contributed by atoms with van der Waals surface area (Å²) in [4.78, 5) is 23.1. The van der Waals surface area contributed by atoms with E-state index >= 15 is 0 Å². The summed E-state index contributed by atoms with van der Waals surface area (Å²) in [5.41, 5.74) is -1.49. The summed E-state index contributed by atoms with van der Waals surface area (Å²) in [5, 5.41) is 0. The molecular formula is C13H13F3O4. The van der Waals surface area contributed by atoms with E-state index in [1.807, 2.05) is 0 Å². The van der Waals surface area contributed by atoms with Crippen LogP contribution in [0.25, 0.3) is 0 Å². The Morgan fingerprint density at radius 3 is 2.30 bits per heavy atom. The molecule has 0 saturated carbocycles. The summed E-state index contributed by atoms with van der Waals surface area (Å²) in [7, 11) is 0. The van der Waals surface area contributed by atoms with Gasteiger partial charge < -0.3 is 9.47 Å². The molecule has 0 N–H and O–H groups in total. The lowest BCUT2D eigenvalue weighted by molar-refractivity contribution is -0.139. The molecule has 0 radical (unpaired) electrons. The Morgan fingerprint density at radius 1 is 1.15 bits per heavy atom. The lowest BCUT2D eigenvalue weighted by Crippen LogP contribution is -2.19. The number of hydrogen-bond acceptors (Lipinski definition) is 4. The molecule has 0 saturated heterocycles. The van der Waals surface area contributed by atoms with Crippen molar-refractivity contribution in [3.8, 4) is 5.75 Å². The summed E-state index contributed by atoms with van der Waals surface area (Å²) in [6, 6.07) is 2.38. The topological polar surface area (TPSA) is 52.6 Å². The number of esters is 1. The fraction of sp³-hybridized carbons (Fsp3) is 0.385. The molecule has 1 aromatic carbocycles. The van der Waals surface area contributed by atoms with E-state index in [0.717, 1.165) is 12.1 Å². The van der Waals surface area contributed by atoms with E-state index in [-0.39, 0.29) is 19.0 Å². The van der Waals surface area contributed by atoms with E-state index in [0.29, 0.717) is 6.07 Å². The number of carbonyl (C=O) groups excluding carboxylic acids is 2. The Labute approximate surface area is 113 Å². The second kappa shape index (κ2) is 6.40. The molecule has 20 heavy (non-hydrogen) atoms. The van der Waals surface area contributed by atoms with Crippen molar-refractivity contribution in [2.24, 2.45) is 0 Å². The van der Waals surface area contributed by atoms with Crippen molar-refractivity contribution in [1.82, 2.24) is 0 Å². The molecule has 4 nitrogen and oxygen atoms in total. The smallest absolute Gasteiger partial charge is 0.416 e. The quantitative estimate of drug-likeness (QED) is 0.475. The third-order valence-electron chi connectivity index (χ3n) is 2.31. The van der Waals surface area contributed by atoms with Crippen LogP contribution in [0.4, 0.5) is 13.2 Å². The highest BCUT2D eigenvalue weighted by Gasteiger charge is 2.33. The predicted molar refractivity (Wildman–Crippen MR) is 63.6 cm³/mol. The Bertz CT molecular complexity index is 509. The molecule has 1 aromatic rings. The molecule has 0 aromatic heterocycles. The van der Waals surface area contributed by atoms with Crippen LogP contribution in [0.15, 0.2) is 18.2 Å². The third-order valence-corrected chi connectivity index (χ3v) is 2.31. The van der Waals surface area contributed by atoms with E-state index in [1.54, 1.807) is 6.92 Å². The van der Waals surface area contributed by atoms with Crippen LogP contribution in [0.1, 0.15) is 29.8 Å². The standard InChI is InChI=1S/C13H13F3O4/c1-3-19-10-6-5-8(13(14,15)16)7-9(10)11(17)12(18)20-4-2/h5-7H,3-4H2,1-2H3. The normalized spacial score (nSPS) is 11.1. The molecule has 0 fully saturated rings. The van der Waals surface area contributed by atoms with E-state index < -0.39 is 29.1 Å². The SMILES string of the molecule is CCOC(=O)C(=O)c1cc(C(F)(F)F)ccc1OCC. The third kappa shape index (κ3) is 3.72. The van der Waals surface area contributed by atoms with Gasteiger partial charge in [0.05, 0.1) is 24.3 Å². The highest BCUT2D eigenvalue weighted by atomic mass is 19.4. The minimum absolute atomic E-state index is 0.0481. The maximum Gasteiger partial charge on any atom is 0.416 e. The van der Waals surface area contributed by atoms with Crippen molar-refractivity contribution in [2.45, 2.75) is 20.0 Å². The van der Waals surface area contributed by atoms with Gasteiger partial charge in [0.2, 0.25) is 0 Å². The van der Waals surface area contributed by atoms with Crippen molar-refractivity contribution in [2.75, 3.05) is 13.2 Å². The zero-order valence-corrected chi connectivity index (χ0v) is 10.9. The number of rotatable bonds is 5. The number of hydrogen-bond donors (Lipinski definition) is 0. The molecule has 0 amide bonds. The maximum absolute atomic E-state index is 12.6. The van der Waals surface area contributed by atoms with Gasteiger partial charge in [-0.05, 0) is 32.0 Å². The van der Waals surface area contributed by atoms with Gasteiger partial charge in [-0.1, -0.05) is 0 Å². The van der Waals surface area contributed by atoms with Gasteiger partial charge in [-0.15, -0.1) is 0 Å². The van der Waals surface area contributed by atoms with Crippen LogP contribution in [0.3, 0.4) is 0 Å². The molecule has 0 heterocycles. The first-order valence-electron chi connectivity index (χ1n) is 5.86. The fourth-order valence-electron chi connectivity index (χ4n) is 1.47.